The number of nitrogens with two attached hydrogens (primary N) is 1. The molecular formula is C13H26N2O2. The van der Waals surface area contributed by atoms with Crippen LogP contribution in [0.2, 0.25) is 0 Å². The topological polar surface area (TPSA) is 64.3 Å². The minimum atomic E-state index is -0.574. The highest BCUT2D eigenvalue weighted by molar-refractivity contribution is 5.83. The van der Waals surface area contributed by atoms with Crippen LogP contribution in [0.3, 0.4) is 0 Å². The number of carbonyl (C=O) groups is 1. The lowest BCUT2D eigenvalue weighted by Gasteiger charge is -2.37. The van der Waals surface area contributed by atoms with Crippen molar-refractivity contribution >= 4 is 5.91 Å². The van der Waals surface area contributed by atoms with E-state index in [1.165, 1.54) is 0 Å². The Bertz CT molecular complexity index is 282. The van der Waals surface area contributed by atoms with E-state index in [0.717, 1.165) is 13.0 Å². The molecule has 4 heteroatoms. The van der Waals surface area contributed by atoms with Crippen molar-refractivity contribution in [3.05, 3.63) is 0 Å². The van der Waals surface area contributed by atoms with Crippen LogP contribution in [-0.2, 0) is 9.53 Å². The van der Waals surface area contributed by atoms with Crippen molar-refractivity contribution in [2.75, 3.05) is 13.2 Å². The predicted octanol–water partition coefficient (Wildman–Crippen LogP) is 1.29. The van der Waals surface area contributed by atoms with Gasteiger partial charge in [0, 0.05) is 24.6 Å². The number of carbonyl (C=O) groups excluding carboxylic acids is 1. The van der Waals surface area contributed by atoms with E-state index >= 15 is 0 Å². The maximum Gasteiger partial charge on any atom is 0.227 e. The van der Waals surface area contributed by atoms with Crippen LogP contribution in [-0.4, -0.2) is 30.7 Å². The standard InChI is InChI=1S/C13H26N2O2/c1-9-10(6-7-17-9)8-15-11(16)12(2,3)13(4,5)14/h9-10H,6-8,14H2,1-5H3,(H,15,16). The zero-order valence-electron chi connectivity index (χ0n) is 11.7. The summed E-state index contributed by atoms with van der Waals surface area (Å²) in [7, 11) is 0. The summed E-state index contributed by atoms with van der Waals surface area (Å²) in [4.78, 5) is 12.1. The first kappa shape index (κ1) is 14.5. The number of hydrogen-bond donors (Lipinski definition) is 2. The van der Waals surface area contributed by atoms with Gasteiger partial charge in [0.2, 0.25) is 5.91 Å². The summed E-state index contributed by atoms with van der Waals surface area (Å²) >= 11 is 0. The molecule has 2 unspecified atom stereocenters. The van der Waals surface area contributed by atoms with Gasteiger partial charge in [-0.05, 0) is 41.0 Å². The van der Waals surface area contributed by atoms with Crippen molar-refractivity contribution in [1.82, 2.24) is 5.32 Å². The molecule has 0 saturated carbocycles. The SMILES string of the molecule is CC1OCCC1CNC(=O)C(C)(C)C(C)(C)N. The Morgan fingerprint density at radius 1 is 1.41 bits per heavy atom. The van der Waals surface area contributed by atoms with E-state index < -0.39 is 11.0 Å². The highest BCUT2D eigenvalue weighted by Gasteiger charge is 2.40. The van der Waals surface area contributed by atoms with Crippen LogP contribution in [0.1, 0.15) is 41.0 Å². The van der Waals surface area contributed by atoms with Gasteiger partial charge in [0.1, 0.15) is 0 Å². The normalized spacial score (nSPS) is 26.0. The average molecular weight is 242 g/mol. The largest absolute Gasteiger partial charge is 0.378 e. The summed E-state index contributed by atoms with van der Waals surface area (Å²) in [5.74, 6) is 0.444. The number of rotatable bonds is 4. The molecule has 0 radical (unpaired) electrons. The Balaban J connectivity index is 2.49. The second-order valence-corrected chi connectivity index (χ2v) is 6.18. The van der Waals surface area contributed by atoms with Crippen LogP contribution >= 0.6 is 0 Å². The van der Waals surface area contributed by atoms with Crippen LogP contribution in [0, 0.1) is 11.3 Å². The van der Waals surface area contributed by atoms with Crippen molar-refractivity contribution < 1.29 is 9.53 Å². The molecule has 17 heavy (non-hydrogen) atoms. The van der Waals surface area contributed by atoms with Crippen LogP contribution in [0.15, 0.2) is 0 Å². The Kier molecular flexibility index (Phi) is 4.20. The summed E-state index contributed by atoms with van der Waals surface area (Å²) in [6.07, 6.45) is 1.26. The molecular weight excluding hydrogens is 216 g/mol. The summed E-state index contributed by atoms with van der Waals surface area (Å²) in [6.45, 7) is 11.1. The molecule has 1 fully saturated rings. The number of hydrogen-bond acceptors (Lipinski definition) is 3. The lowest BCUT2D eigenvalue weighted by Crippen LogP contribution is -2.56. The number of ether oxygens (including phenoxy) is 1. The van der Waals surface area contributed by atoms with Crippen molar-refractivity contribution in [1.29, 1.82) is 0 Å². The van der Waals surface area contributed by atoms with Crippen LogP contribution in [0.25, 0.3) is 0 Å². The fraction of sp³-hybridized carbons (Fsp3) is 0.923. The summed E-state index contributed by atoms with van der Waals surface area (Å²) in [5, 5.41) is 3.00. The molecule has 0 aromatic heterocycles. The molecule has 1 amide bonds. The van der Waals surface area contributed by atoms with E-state index in [9.17, 15) is 4.79 Å². The minimum Gasteiger partial charge on any atom is -0.378 e. The monoisotopic (exact) mass is 242 g/mol. The van der Waals surface area contributed by atoms with Crippen molar-refractivity contribution in [3.63, 3.8) is 0 Å². The molecule has 0 spiro atoms. The quantitative estimate of drug-likeness (QED) is 0.781. The Hall–Kier alpha value is -0.610. The molecule has 0 bridgehead atoms. The van der Waals surface area contributed by atoms with E-state index in [-0.39, 0.29) is 12.0 Å². The number of amides is 1. The molecule has 100 valence electrons. The average Bonchev–Trinajstić information content (AvgIpc) is 2.58. The Morgan fingerprint density at radius 3 is 2.41 bits per heavy atom. The van der Waals surface area contributed by atoms with Gasteiger partial charge in [0.15, 0.2) is 0 Å². The van der Waals surface area contributed by atoms with Crippen molar-refractivity contribution in [3.8, 4) is 0 Å². The third kappa shape index (κ3) is 3.19. The van der Waals surface area contributed by atoms with Gasteiger partial charge in [-0.3, -0.25) is 4.79 Å². The van der Waals surface area contributed by atoms with Gasteiger partial charge in [-0.25, -0.2) is 0 Å². The Morgan fingerprint density at radius 2 is 2.00 bits per heavy atom. The zero-order valence-corrected chi connectivity index (χ0v) is 11.7. The van der Waals surface area contributed by atoms with E-state index in [4.69, 9.17) is 10.5 Å². The molecule has 0 aromatic carbocycles. The third-order valence-corrected chi connectivity index (χ3v) is 4.24. The summed E-state index contributed by atoms with van der Waals surface area (Å²) < 4.78 is 5.47. The van der Waals surface area contributed by atoms with Crippen molar-refractivity contribution in [2.24, 2.45) is 17.1 Å². The molecule has 1 aliphatic rings. The summed E-state index contributed by atoms with van der Waals surface area (Å²) in [6, 6.07) is 0. The predicted molar refractivity (Wildman–Crippen MR) is 68.6 cm³/mol. The second kappa shape index (κ2) is 4.94. The van der Waals surface area contributed by atoms with Gasteiger partial charge in [-0.2, -0.15) is 0 Å². The maximum absolute atomic E-state index is 12.1. The fourth-order valence-electron chi connectivity index (χ4n) is 1.78. The minimum absolute atomic E-state index is 0.0177. The Labute approximate surface area is 104 Å². The molecule has 2 atom stereocenters. The van der Waals surface area contributed by atoms with E-state index in [0.29, 0.717) is 12.5 Å². The van der Waals surface area contributed by atoms with Gasteiger partial charge < -0.3 is 15.8 Å². The van der Waals surface area contributed by atoms with Gasteiger partial charge in [0.25, 0.3) is 0 Å². The van der Waals surface area contributed by atoms with Gasteiger partial charge in [-0.1, -0.05) is 0 Å². The maximum atomic E-state index is 12.1. The molecule has 1 rings (SSSR count). The van der Waals surface area contributed by atoms with Crippen LogP contribution < -0.4 is 11.1 Å². The van der Waals surface area contributed by atoms with Gasteiger partial charge in [-0.15, -0.1) is 0 Å². The lowest BCUT2D eigenvalue weighted by atomic mass is 9.74. The van der Waals surface area contributed by atoms with Gasteiger partial charge in [0.05, 0.1) is 11.5 Å². The summed E-state index contributed by atoms with van der Waals surface area (Å²) in [5.41, 5.74) is 4.93. The molecule has 1 heterocycles. The van der Waals surface area contributed by atoms with Crippen molar-refractivity contribution in [2.45, 2.75) is 52.7 Å². The molecule has 0 aliphatic carbocycles. The molecule has 3 N–H and O–H groups in total. The second-order valence-electron chi connectivity index (χ2n) is 6.18. The highest BCUT2D eigenvalue weighted by Crippen LogP contribution is 2.28. The first-order chi connectivity index (χ1) is 7.66. The van der Waals surface area contributed by atoms with Crippen LogP contribution in [0.4, 0.5) is 0 Å². The van der Waals surface area contributed by atoms with E-state index in [1.807, 2.05) is 27.7 Å². The molecule has 0 aromatic rings. The highest BCUT2D eigenvalue weighted by atomic mass is 16.5. The fourth-order valence-corrected chi connectivity index (χ4v) is 1.78. The van der Waals surface area contributed by atoms with Gasteiger partial charge >= 0.3 is 0 Å². The number of nitrogens with one attached hydrogen (secondary N) is 1. The third-order valence-electron chi connectivity index (χ3n) is 4.24. The smallest absolute Gasteiger partial charge is 0.227 e. The molecule has 4 nitrogen and oxygen atoms in total. The molecule has 1 saturated heterocycles. The lowest BCUT2D eigenvalue weighted by molar-refractivity contribution is -0.132. The molecule has 1 aliphatic heterocycles. The zero-order chi connectivity index (χ0) is 13.3. The van der Waals surface area contributed by atoms with E-state index in [1.54, 1.807) is 0 Å². The van der Waals surface area contributed by atoms with Crippen LogP contribution in [0.5, 0.6) is 0 Å². The first-order valence-electron chi connectivity index (χ1n) is 6.35. The van der Waals surface area contributed by atoms with E-state index in [2.05, 4.69) is 12.2 Å². The first-order valence-corrected chi connectivity index (χ1v) is 6.35.